The molecule has 0 aliphatic heterocycles. The molecule has 4 nitrogen and oxygen atoms in total. The van der Waals surface area contributed by atoms with Gasteiger partial charge in [0.15, 0.2) is 5.76 Å². The fraction of sp³-hybridized carbons (Fsp3) is 0.250. The van der Waals surface area contributed by atoms with Crippen LogP contribution in [0.4, 0.5) is 0 Å². The number of carbonyl (C=O) groups is 1. The maximum atomic E-state index is 12.2. The molecule has 20 heavy (non-hydrogen) atoms. The van der Waals surface area contributed by atoms with Crippen molar-refractivity contribution in [2.75, 3.05) is 7.05 Å². The van der Waals surface area contributed by atoms with Crippen molar-refractivity contribution >= 4 is 5.91 Å². The Kier molecular flexibility index (Phi) is 4.21. The second-order valence-electron chi connectivity index (χ2n) is 4.59. The molecular formula is C16H16N2O2. The summed E-state index contributed by atoms with van der Waals surface area (Å²) in [6.45, 7) is 2.42. The molecule has 0 aliphatic rings. The molecule has 0 radical (unpaired) electrons. The van der Waals surface area contributed by atoms with E-state index in [0.29, 0.717) is 17.9 Å². The highest BCUT2D eigenvalue weighted by Gasteiger charge is 2.16. The summed E-state index contributed by atoms with van der Waals surface area (Å²) < 4.78 is 5.45. The summed E-state index contributed by atoms with van der Waals surface area (Å²) in [6.07, 6.45) is 0.765. The highest BCUT2D eigenvalue weighted by Crippen LogP contribution is 2.13. The zero-order chi connectivity index (χ0) is 14.5. The Labute approximate surface area is 118 Å². The molecule has 0 saturated heterocycles. The zero-order valence-electron chi connectivity index (χ0n) is 11.6. The molecule has 0 atom stereocenters. The molecule has 1 amide bonds. The molecule has 0 unspecified atom stereocenters. The molecule has 1 heterocycles. The maximum absolute atomic E-state index is 12.2. The molecule has 0 fully saturated rings. The number of benzene rings is 1. The number of hydrogen-bond acceptors (Lipinski definition) is 3. The van der Waals surface area contributed by atoms with Crippen LogP contribution in [-0.4, -0.2) is 17.9 Å². The smallest absolute Gasteiger partial charge is 0.289 e. The first-order valence-electron chi connectivity index (χ1n) is 6.47. The Bertz CT molecular complexity index is 652. The summed E-state index contributed by atoms with van der Waals surface area (Å²) in [4.78, 5) is 13.8. The van der Waals surface area contributed by atoms with Crippen LogP contribution in [0.2, 0.25) is 0 Å². The first-order valence-corrected chi connectivity index (χ1v) is 6.47. The number of hydrogen-bond donors (Lipinski definition) is 0. The zero-order valence-corrected chi connectivity index (χ0v) is 11.6. The van der Waals surface area contributed by atoms with Crippen LogP contribution in [0.25, 0.3) is 0 Å². The lowest BCUT2D eigenvalue weighted by Crippen LogP contribution is -2.25. The number of carbonyl (C=O) groups excluding carboxylic acids is 1. The van der Waals surface area contributed by atoms with Gasteiger partial charge in [0.2, 0.25) is 0 Å². The minimum atomic E-state index is -0.160. The van der Waals surface area contributed by atoms with Crippen LogP contribution in [0.5, 0.6) is 0 Å². The van der Waals surface area contributed by atoms with Crippen LogP contribution in [0, 0.1) is 11.3 Å². The van der Waals surface area contributed by atoms with Gasteiger partial charge in [-0.25, -0.2) is 0 Å². The minimum Gasteiger partial charge on any atom is -0.456 e. The van der Waals surface area contributed by atoms with Gasteiger partial charge in [0.1, 0.15) is 5.76 Å². The molecule has 0 aliphatic carbocycles. The highest BCUT2D eigenvalue weighted by molar-refractivity contribution is 5.91. The molecule has 2 rings (SSSR count). The van der Waals surface area contributed by atoms with Crippen LogP contribution in [-0.2, 0) is 13.0 Å². The number of aryl methyl sites for hydroxylation is 1. The lowest BCUT2D eigenvalue weighted by atomic mass is 10.1. The first kappa shape index (κ1) is 13.9. The average molecular weight is 268 g/mol. The van der Waals surface area contributed by atoms with Crippen molar-refractivity contribution in [1.29, 1.82) is 5.26 Å². The number of nitrogens with zero attached hydrogens (tertiary/aromatic N) is 2. The molecule has 0 bridgehead atoms. The second-order valence-corrected chi connectivity index (χ2v) is 4.59. The van der Waals surface area contributed by atoms with Gasteiger partial charge in [-0.2, -0.15) is 5.26 Å². The van der Waals surface area contributed by atoms with Crippen molar-refractivity contribution in [3.63, 3.8) is 0 Å². The normalized spacial score (nSPS) is 10.1. The maximum Gasteiger partial charge on any atom is 0.289 e. The molecule has 0 N–H and O–H groups in total. The average Bonchev–Trinajstić information content (AvgIpc) is 2.95. The third-order valence-corrected chi connectivity index (χ3v) is 3.04. The van der Waals surface area contributed by atoms with Crippen molar-refractivity contribution in [2.24, 2.45) is 0 Å². The highest BCUT2D eigenvalue weighted by atomic mass is 16.4. The van der Waals surface area contributed by atoms with Crippen LogP contribution < -0.4 is 0 Å². The summed E-state index contributed by atoms with van der Waals surface area (Å²) in [5.74, 6) is 0.987. The second kappa shape index (κ2) is 6.07. The largest absolute Gasteiger partial charge is 0.456 e. The predicted octanol–water partition coefficient (Wildman–Crippen LogP) is 2.99. The third kappa shape index (κ3) is 3.07. The van der Waals surface area contributed by atoms with Crippen molar-refractivity contribution in [1.82, 2.24) is 4.90 Å². The van der Waals surface area contributed by atoms with Gasteiger partial charge in [0, 0.05) is 20.0 Å². The van der Waals surface area contributed by atoms with Crippen LogP contribution >= 0.6 is 0 Å². The molecule has 0 saturated carbocycles. The number of furan rings is 1. The monoisotopic (exact) mass is 268 g/mol. The van der Waals surface area contributed by atoms with E-state index in [2.05, 4.69) is 6.07 Å². The van der Waals surface area contributed by atoms with Crippen molar-refractivity contribution < 1.29 is 9.21 Å². The first-order chi connectivity index (χ1) is 9.63. The van der Waals surface area contributed by atoms with Crippen LogP contribution in [0.3, 0.4) is 0 Å². The predicted molar refractivity (Wildman–Crippen MR) is 75.0 cm³/mol. The van der Waals surface area contributed by atoms with Crippen molar-refractivity contribution in [3.05, 3.63) is 59.0 Å². The van der Waals surface area contributed by atoms with Gasteiger partial charge < -0.3 is 9.32 Å². The van der Waals surface area contributed by atoms with E-state index in [4.69, 9.17) is 9.68 Å². The standard InChI is InChI=1S/C16H16N2O2/c1-3-14-7-8-15(20-14)16(19)18(2)11-13-6-4-5-12(9-13)10-17/h4-9H,3,11H2,1-2H3. The van der Waals surface area contributed by atoms with E-state index < -0.39 is 0 Å². The summed E-state index contributed by atoms with van der Waals surface area (Å²) in [6, 6.07) is 12.8. The van der Waals surface area contributed by atoms with Gasteiger partial charge in [0.25, 0.3) is 5.91 Å². The Morgan fingerprint density at radius 1 is 1.35 bits per heavy atom. The molecule has 1 aromatic heterocycles. The van der Waals surface area contributed by atoms with Gasteiger partial charge in [-0.3, -0.25) is 4.79 Å². The van der Waals surface area contributed by atoms with E-state index >= 15 is 0 Å². The molecular weight excluding hydrogens is 252 g/mol. The minimum absolute atomic E-state index is 0.160. The van der Waals surface area contributed by atoms with Crippen molar-refractivity contribution in [3.8, 4) is 6.07 Å². The topological polar surface area (TPSA) is 57.2 Å². The molecule has 2 aromatic rings. The van der Waals surface area contributed by atoms with Crippen LogP contribution in [0.15, 0.2) is 40.8 Å². The summed E-state index contributed by atoms with van der Waals surface area (Å²) in [7, 11) is 1.72. The molecule has 1 aromatic carbocycles. The van der Waals surface area contributed by atoms with Gasteiger partial charge in [-0.15, -0.1) is 0 Å². The number of rotatable bonds is 4. The Morgan fingerprint density at radius 2 is 2.15 bits per heavy atom. The number of nitriles is 1. The number of amides is 1. The van der Waals surface area contributed by atoms with E-state index in [1.807, 2.05) is 25.1 Å². The SMILES string of the molecule is CCc1ccc(C(=O)N(C)Cc2cccc(C#N)c2)o1. The lowest BCUT2D eigenvalue weighted by Gasteiger charge is -2.15. The lowest BCUT2D eigenvalue weighted by molar-refractivity contribution is 0.0751. The van der Waals surface area contributed by atoms with Gasteiger partial charge >= 0.3 is 0 Å². The Morgan fingerprint density at radius 3 is 2.80 bits per heavy atom. The summed E-state index contributed by atoms with van der Waals surface area (Å²) in [5.41, 5.74) is 1.51. The molecule has 102 valence electrons. The van der Waals surface area contributed by atoms with E-state index in [0.717, 1.165) is 17.7 Å². The van der Waals surface area contributed by atoms with E-state index in [9.17, 15) is 4.79 Å². The Hall–Kier alpha value is -2.54. The summed E-state index contributed by atoms with van der Waals surface area (Å²) in [5, 5.41) is 8.87. The van der Waals surface area contributed by atoms with Crippen LogP contribution in [0.1, 0.15) is 34.4 Å². The van der Waals surface area contributed by atoms with Gasteiger partial charge in [-0.05, 0) is 29.8 Å². The van der Waals surface area contributed by atoms with E-state index in [-0.39, 0.29) is 5.91 Å². The van der Waals surface area contributed by atoms with Crippen molar-refractivity contribution in [2.45, 2.75) is 19.9 Å². The van der Waals surface area contributed by atoms with E-state index in [1.165, 1.54) is 0 Å². The third-order valence-electron chi connectivity index (χ3n) is 3.04. The Balaban J connectivity index is 2.09. The van der Waals surface area contributed by atoms with Gasteiger partial charge in [-0.1, -0.05) is 19.1 Å². The van der Waals surface area contributed by atoms with E-state index in [1.54, 1.807) is 30.1 Å². The fourth-order valence-electron chi connectivity index (χ4n) is 1.96. The summed E-state index contributed by atoms with van der Waals surface area (Å²) >= 11 is 0. The van der Waals surface area contributed by atoms with Gasteiger partial charge in [0.05, 0.1) is 11.6 Å². The molecule has 0 spiro atoms. The molecule has 4 heteroatoms. The quantitative estimate of drug-likeness (QED) is 0.856. The fourth-order valence-corrected chi connectivity index (χ4v) is 1.96.